The number of halogens is 1. The van der Waals surface area contributed by atoms with Crippen molar-refractivity contribution >= 4 is 46.2 Å². The Morgan fingerprint density at radius 1 is 1.28 bits per heavy atom. The van der Waals surface area contributed by atoms with E-state index >= 15 is 0 Å². The summed E-state index contributed by atoms with van der Waals surface area (Å²) in [6.45, 7) is 1.65. The highest BCUT2D eigenvalue weighted by Crippen LogP contribution is 2.22. The van der Waals surface area contributed by atoms with E-state index in [1.165, 1.54) is 6.07 Å². The van der Waals surface area contributed by atoms with E-state index in [-0.39, 0.29) is 23.1 Å². The van der Waals surface area contributed by atoms with E-state index in [1.807, 2.05) is 18.2 Å². The number of nitrogens with zero attached hydrogens (tertiary/aromatic N) is 1. The third kappa shape index (κ3) is 5.51. The van der Waals surface area contributed by atoms with Gasteiger partial charge in [0.1, 0.15) is 0 Å². The molecule has 0 aliphatic carbocycles. The molecule has 1 amide bonds. The van der Waals surface area contributed by atoms with Crippen molar-refractivity contribution in [2.24, 2.45) is 0 Å². The van der Waals surface area contributed by atoms with Gasteiger partial charge in [-0.1, -0.05) is 35.9 Å². The fourth-order valence-corrected chi connectivity index (χ4v) is 2.65. The number of nitro groups is 1. The van der Waals surface area contributed by atoms with Crippen LogP contribution in [-0.2, 0) is 11.2 Å². The van der Waals surface area contributed by atoms with Crippen molar-refractivity contribution in [1.82, 2.24) is 5.32 Å². The molecule has 130 valence electrons. The standard InChI is InChI=1S/C17H16ClN3O3S/c1-11-6-8-13(10-15(11)21(23)24)19-17(25)20-16(22)9-7-12-4-2-3-5-14(12)18/h2-6,8,10H,7,9H2,1H3,(H2,19,20,22,25). The topological polar surface area (TPSA) is 84.3 Å². The monoisotopic (exact) mass is 377 g/mol. The van der Waals surface area contributed by atoms with Gasteiger partial charge in [-0.2, -0.15) is 0 Å². The molecule has 0 atom stereocenters. The van der Waals surface area contributed by atoms with E-state index in [9.17, 15) is 14.9 Å². The van der Waals surface area contributed by atoms with Crippen molar-refractivity contribution in [2.75, 3.05) is 5.32 Å². The first kappa shape index (κ1) is 18.8. The maximum Gasteiger partial charge on any atom is 0.274 e. The number of benzene rings is 2. The van der Waals surface area contributed by atoms with Crippen molar-refractivity contribution in [3.63, 3.8) is 0 Å². The molecule has 25 heavy (non-hydrogen) atoms. The first-order valence-electron chi connectivity index (χ1n) is 7.46. The molecule has 0 bridgehead atoms. The summed E-state index contributed by atoms with van der Waals surface area (Å²) >= 11 is 11.1. The second kappa shape index (κ2) is 8.55. The van der Waals surface area contributed by atoms with Crippen LogP contribution in [0.2, 0.25) is 5.02 Å². The van der Waals surface area contributed by atoms with E-state index in [0.29, 0.717) is 22.7 Å². The van der Waals surface area contributed by atoms with Crippen molar-refractivity contribution in [3.8, 4) is 0 Å². The number of amides is 1. The molecule has 2 rings (SSSR count). The number of thiocarbonyl (C=S) groups is 1. The maximum atomic E-state index is 12.0. The molecular formula is C17H16ClN3O3S. The van der Waals surface area contributed by atoms with Gasteiger partial charge in [-0.25, -0.2) is 0 Å². The Kier molecular flexibility index (Phi) is 6.44. The van der Waals surface area contributed by atoms with Crippen LogP contribution in [0.4, 0.5) is 11.4 Å². The molecule has 2 N–H and O–H groups in total. The molecule has 6 nitrogen and oxygen atoms in total. The number of carbonyl (C=O) groups is 1. The molecule has 0 aliphatic heterocycles. The largest absolute Gasteiger partial charge is 0.332 e. The van der Waals surface area contributed by atoms with Gasteiger partial charge in [0.05, 0.1) is 4.92 Å². The summed E-state index contributed by atoms with van der Waals surface area (Å²) < 4.78 is 0. The zero-order chi connectivity index (χ0) is 18.4. The molecule has 2 aromatic carbocycles. The zero-order valence-electron chi connectivity index (χ0n) is 13.4. The van der Waals surface area contributed by atoms with Crippen LogP contribution in [0.3, 0.4) is 0 Å². The molecule has 0 heterocycles. The zero-order valence-corrected chi connectivity index (χ0v) is 15.0. The number of nitrogens with one attached hydrogen (secondary N) is 2. The van der Waals surface area contributed by atoms with E-state index in [2.05, 4.69) is 10.6 Å². The number of anilines is 1. The van der Waals surface area contributed by atoms with E-state index in [1.54, 1.807) is 25.1 Å². The van der Waals surface area contributed by atoms with Crippen molar-refractivity contribution < 1.29 is 9.72 Å². The smallest absolute Gasteiger partial charge is 0.274 e. The van der Waals surface area contributed by atoms with Gasteiger partial charge < -0.3 is 10.6 Å². The molecule has 0 radical (unpaired) electrons. The van der Waals surface area contributed by atoms with Gasteiger partial charge in [0.2, 0.25) is 5.91 Å². The highest BCUT2D eigenvalue weighted by Gasteiger charge is 2.12. The highest BCUT2D eigenvalue weighted by atomic mass is 35.5. The molecule has 0 aliphatic rings. The molecule has 2 aromatic rings. The lowest BCUT2D eigenvalue weighted by Crippen LogP contribution is -2.34. The normalized spacial score (nSPS) is 10.2. The summed E-state index contributed by atoms with van der Waals surface area (Å²) in [5.74, 6) is -0.265. The first-order valence-corrected chi connectivity index (χ1v) is 8.24. The summed E-state index contributed by atoms with van der Waals surface area (Å²) in [5.41, 5.74) is 1.85. The van der Waals surface area contributed by atoms with Gasteiger partial charge >= 0.3 is 0 Å². The first-order chi connectivity index (χ1) is 11.9. The van der Waals surface area contributed by atoms with Gasteiger partial charge in [0.15, 0.2) is 5.11 Å². The third-order valence-electron chi connectivity index (χ3n) is 3.50. The minimum absolute atomic E-state index is 0.0159. The average Bonchev–Trinajstić information content (AvgIpc) is 2.55. The molecule has 0 saturated carbocycles. The van der Waals surface area contributed by atoms with Crippen LogP contribution in [0, 0.1) is 17.0 Å². The van der Waals surface area contributed by atoms with Crippen molar-refractivity contribution in [2.45, 2.75) is 19.8 Å². The van der Waals surface area contributed by atoms with Gasteiger partial charge in [-0.05, 0) is 43.3 Å². The lowest BCUT2D eigenvalue weighted by molar-refractivity contribution is -0.385. The molecule has 0 spiro atoms. The van der Waals surface area contributed by atoms with Gasteiger partial charge in [-0.15, -0.1) is 0 Å². The molecule has 0 saturated heterocycles. The van der Waals surface area contributed by atoms with Crippen LogP contribution in [0.1, 0.15) is 17.5 Å². The summed E-state index contributed by atoms with van der Waals surface area (Å²) in [4.78, 5) is 22.5. The van der Waals surface area contributed by atoms with Gasteiger partial charge in [0, 0.05) is 28.8 Å². The molecule has 0 aromatic heterocycles. The summed E-state index contributed by atoms with van der Waals surface area (Å²) in [7, 11) is 0. The Hall–Kier alpha value is -2.51. The minimum atomic E-state index is -0.467. The molecule has 8 heteroatoms. The second-order valence-corrected chi connectivity index (χ2v) is 6.17. The van der Waals surface area contributed by atoms with Crippen LogP contribution in [0.15, 0.2) is 42.5 Å². The number of nitro benzene ring substituents is 1. The van der Waals surface area contributed by atoms with Crippen molar-refractivity contribution in [3.05, 3.63) is 68.7 Å². The predicted molar refractivity (Wildman–Crippen MR) is 102 cm³/mol. The van der Waals surface area contributed by atoms with Crippen molar-refractivity contribution in [1.29, 1.82) is 0 Å². The van der Waals surface area contributed by atoms with Crippen LogP contribution < -0.4 is 10.6 Å². The molecule has 0 unspecified atom stereocenters. The van der Waals surface area contributed by atoms with Gasteiger partial charge in [0.25, 0.3) is 5.69 Å². The SMILES string of the molecule is Cc1ccc(NC(=S)NC(=O)CCc2ccccc2Cl)cc1[N+](=O)[O-]. The van der Waals surface area contributed by atoms with E-state index in [4.69, 9.17) is 23.8 Å². The Morgan fingerprint density at radius 2 is 2.00 bits per heavy atom. The average molecular weight is 378 g/mol. The van der Waals surface area contributed by atoms with Crippen LogP contribution >= 0.6 is 23.8 Å². The maximum absolute atomic E-state index is 12.0. The predicted octanol–water partition coefficient (Wildman–Crippen LogP) is 4.00. The molecule has 0 fully saturated rings. The number of hydrogen-bond acceptors (Lipinski definition) is 4. The van der Waals surface area contributed by atoms with Crippen LogP contribution in [-0.4, -0.2) is 15.9 Å². The van der Waals surface area contributed by atoms with Crippen LogP contribution in [0.5, 0.6) is 0 Å². The number of carbonyl (C=O) groups excluding carboxylic acids is 1. The fraction of sp³-hybridized carbons (Fsp3) is 0.176. The lowest BCUT2D eigenvalue weighted by Gasteiger charge is -2.10. The number of aryl methyl sites for hydroxylation is 2. The summed E-state index contributed by atoms with van der Waals surface area (Å²) in [5, 5.41) is 17.0. The fourth-order valence-electron chi connectivity index (χ4n) is 2.18. The Morgan fingerprint density at radius 3 is 2.68 bits per heavy atom. The molecular weight excluding hydrogens is 362 g/mol. The Balaban J connectivity index is 1.89. The van der Waals surface area contributed by atoms with E-state index in [0.717, 1.165) is 5.56 Å². The van der Waals surface area contributed by atoms with Crippen LogP contribution in [0.25, 0.3) is 0 Å². The number of rotatable bonds is 5. The summed E-state index contributed by atoms with van der Waals surface area (Å²) in [6, 6.07) is 12.0. The highest BCUT2D eigenvalue weighted by molar-refractivity contribution is 7.80. The van der Waals surface area contributed by atoms with Gasteiger partial charge in [-0.3, -0.25) is 14.9 Å². The Labute approximate surface area is 155 Å². The lowest BCUT2D eigenvalue weighted by atomic mass is 10.1. The minimum Gasteiger partial charge on any atom is -0.332 e. The Bertz CT molecular complexity index is 827. The second-order valence-electron chi connectivity index (χ2n) is 5.35. The van der Waals surface area contributed by atoms with E-state index < -0.39 is 4.92 Å². The summed E-state index contributed by atoms with van der Waals surface area (Å²) in [6.07, 6.45) is 0.712. The number of hydrogen-bond donors (Lipinski definition) is 2. The third-order valence-corrected chi connectivity index (χ3v) is 4.07. The quantitative estimate of drug-likeness (QED) is 0.467.